The lowest BCUT2D eigenvalue weighted by Gasteiger charge is -2.13. The number of carbonyl (C=O) groups excluding carboxylic acids is 1. The first-order chi connectivity index (χ1) is 10.0. The Labute approximate surface area is 129 Å². The SMILES string of the molecule is COc1ccc(NC(=O)Nc2c(C)cccc2Cl)c(C)c1. The van der Waals surface area contributed by atoms with E-state index in [2.05, 4.69) is 10.6 Å². The quantitative estimate of drug-likeness (QED) is 0.870. The fourth-order valence-electron chi connectivity index (χ4n) is 1.96. The number of aryl methyl sites for hydroxylation is 2. The largest absolute Gasteiger partial charge is 0.497 e. The van der Waals surface area contributed by atoms with Gasteiger partial charge in [-0.25, -0.2) is 4.79 Å². The van der Waals surface area contributed by atoms with Gasteiger partial charge in [0, 0.05) is 5.69 Å². The molecule has 0 unspecified atom stereocenters. The van der Waals surface area contributed by atoms with Gasteiger partial charge in [0.15, 0.2) is 0 Å². The third kappa shape index (κ3) is 3.67. The third-order valence-corrected chi connectivity index (χ3v) is 3.46. The van der Waals surface area contributed by atoms with E-state index < -0.39 is 0 Å². The van der Waals surface area contributed by atoms with Gasteiger partial charge in [-0.15, -0.1) is 0 Å². The molecule has 4 nitrogen and oxygen atoms in total. The van der Waals surface area contributed by atoms with Crippen LogP contribution >= 0.6 is 11.6 Å². The molecular formula is C16H17ClN2O2. The molecule has 2 amide bonds. The number of anilines is 2. The Balaban J connectivity index is 2.12. The van der Waals surface area contributed by atoms with E-state index in [9.17, 15) is 4.79 Å². The van der Waals surface area contributed by atoms with E-state index in [-0.39, 0.29) is 6.03 Å². The average Bonchev–Trinajstić information content (AvgIpc) is 2.45. The second-order valence-corrected chi connectivity index (χ2v) is 5.10. The average molecular weight is 305 g/mol. The molecule has 0 spiro atoms. The minimum absolute atomic E-state index is 0.334. The van der Waals surface area contributed by atoms with Gasteiger partial charge in [-0.3, -0.25) is 0 Å². The van der Waals surface area contributed by atoms with Crippen LogP contribution in [0.2, 0.25) is 5.02 Å². The highest BCUT2D eigenvalue weighted by Crippen LogP contribution is 2.26. The number of methoxy groups -OCH3 is 1. The zero-order valence-corrected chi connectivity index (χ0v) is 12.9. The number of urea groups is 1. The highest BCUT2D eigenvalue weighted by molar-refractivity contribution is 6.34. The highest BCUT2D eigenvalue weighted by atomic mass is 35.5. The zero-order valence-electron chi connectivity index (χ0n) is 12.2. The van der Waals surface area contributed by atoms with Crippen molar-refractivity contribution in [1.29, 1.82) is 0 Å². The van der Waals surface area contributed by atoms with Crippen molar-refractivity contribution >= 4 is 29.0 Å². The van der Waals surface area contributed by atoms with Crippen molar-refractivity contribution in [2.45, 2.75) is 13.8 Å². The maximum absolute atomic E-state index is 12.1. The van der Waals surface area contributed by atoms with Crippen molar-refractivity contribution < 1.29 is 9.53 Å². The van der Waals surface area contributed by atoms with E-state index in [1.165, 1.54) is 0 Å². The van der Waals surface area contributed by atoms with E-state index in [0.717, 1.165) is 22.6 Å². The number of para-hydroxylation sites is 1. The van der Waals surface area contributed by atoms with E-state index in [1.807, 2.05) is 32.0 Å². The number of ether oxygens (including phenoxy) is 1. The van der Waals surface area contributed by atoms with Crippen molar-refractivity contribution in [2.24, 2.45) is 0 Å². The molecule has 0 radical (unpaired) electrons. The first-order valence-corrected chi connectivity index (χ1v) is 6.87. The molecule has 5 heteroatoms. The Morgan fingerprint density at radius 2 is 1.86 bits per heavy atom. The van der Waals surface area contributed by atoms with Crippen LogP contribution in [0, 0.1) is 13.8 Å². The monoisotopic (exact) mass is 304 g/mol. The first-order valence-electron chi connectivity index (χ1n) is 6.49. The smallest absolute Gasteiger partial charge is 0.323 e. The highest BCUT2D eigenvalue weighted by Gasteiger charge is 2.09. The molecule has 0 aliphatic heterocycles. The maximum Gasteiger partial charge on any atom is 0.323 e. The Morgan fingerprint density at radius 3 is 2.48 bits per heavy atom. The molecule has 2 rings (SSSR count). The van der Waals surface area contributed by atoms with Crippen molar-refractivity contribution in [3.63, 3.8) is 0 Å². The molecule has 2 aromatic rings. The van der Waals surface area contributed by atoms with Crippen LogP contribution in [0.5, 0.6) is 5.75 Å². The molecule has 0 saturated carbocycles. The number of amides is 2. The van der Waals surface area contributed by atoms with E-state index >= 15 is 0 Å². The van der Waals surface area contributed by atoms with Crippen LogP contribution in [-0.4, -0.2) is 13.1 Å². The second-order valence-electron chi connectivity index (χ2n) is 4.69. The minimum atomic E-state index is -0.334. The molecule has 110 valence electrons. The number of hydrogen-bond donors (Lipinski definition) is 2. The summed E-state index contributed by atoms with van der Waals surface area (Å²) in [5.74, 6) is 0.750. The fraction of sp³-hybridized carbons (Fsp3) is 0.188. The van der Waals surface area contributed by atoms with Crippen LogP contribution in [0.3, 0.4) is 0 Å². The van der Waals surface area contributed by atoms with Gasteiger partial charge in [-0.2, -0.15) is 0 Å². The van der Waals surface area contributed by atoms with Crippen LogP contribution in [0.25, 0.3) is 0 Å². The molecular weight excluding hydrogens is 288 g/mol. The van der Waals surface area contributed by atoms with Gasteiger partial charge in [0.1, 0.15) is 5.75 Å². The molecule has 0 fully saturated rings. The molecule has 0 aliphatic carbocycles. The number of hydrogen-bond acceptors (Lipinski definition) is 2. The fourth-order valence-corrected chi connectivity index (χ4v) is 2.23. The van der Waals surface area contributed by atoms with Gasteiger partial charge < -0.3 is 15.4 Å². The summed E-state index contributed by atoms with van der Waals surface area (Å²) in [6, 6.07) is 10.6. The zero-order chi connectivity index (χ0) is 15.4. The Bertz CT molecular complexity index is 651. The van der Waals surface area contributed by atoms with E-state index in [0.29, 0.717) is 10.7 Å². The predicted octanol–water partition coefficient (Wildman–Crippen LogP) is 4.61. The van der Waals surface area contributed by atoms with Gasteiger partial charge in [-0.05, 0) is 49.2 Å². The molecule has 2 aromatic carbocycles. The van der Waals surface area contributed by atoms with Crippen molar-refractivity contribution in [2.75, 3.05) is 17.7 Å². The van der Waals surface area contributed by atoms with Crippen molar-refractivity contribution in [3.8, 4) is 5.75 Å². The Hall–Kier alpha value is -2.20. The number of nitrogens with one attached hydrogen (secondary N) is 2. The number of carbonyl (C=O) groups is 1. The van der Waals surface area contributed by atoms with Gasteiger partial charge in [0.05, 0.1) is 17.8 Å². The summed E-state index contributed by atoms with van der Waals surface area (Å²) in [4.78, 5) is 12.1. The standard InChI is InChI=1S/C16H17ClN2O2/c1-10-5-4-6-13(17)15(10)19-16(20)18-14-8-7-12(21-3)9-11(14)2/h4-9H,1-3H3,(H2,18,19,20). The molecule has 0 saturated heterocycles. The third-order valence-electron chi connectivity index (χ3n) is 3.14. The van der Waals surface area contributed by atoms with Crippen LogP contribution in [0.15, 0.2) is 36.4 Å². The number of rotatable bonds is 3. The molecule has 0 atom stereocenters. The van der Waals surface area contributed by atoms with Gasteiger partial charge in [0.25, 0.3) is 0 Å². The summed E-state index contributed by atoms with van der Waals surface area (Å²) in [7, 11) is 1.61. The van der Waals surface area contributed by atoms with Crippen molar-refractivity contribution in [3.05, 3.63) is 52.5 Å². The first kappa shape index (κ1) is 15.2. The molecule has 2 N–H and O–H groups in total. The normalized spacial score (nSPS) is 10.1. The van der Waals surface area contributed by atoms with Gasteiger partial charge in [-0.1, -0.05) is 23.7 Å². The van der Waals surface area contributed by atoms with Crippen LogP contribution < -0.4 is 15.4 Å². The molecule has 0 aliphatic rings. The van der Waals surface area contributed by atoms with Gasteiger partial charge >= 0.3 is 6.03 Å². The molecule has 0 aromatic heterocycles. The van der Waals surface area contributed by atoms with Crippen LogP contribution in [-0.2, 0) is 0 Å². The summed E-state index contributed by atoms with van der Waals surface area (Å²) in [5.41, 5.74) is 3.16. The van der Waals surface area contributed by atoms with Gasteiger partial charge in [0.2, 0.25) is 0 Å². The van der Waals surface area contributed by atoms with Crippen LogP contribution in [0.1, 0.15) is 11.1 Å². The minimum Gasteiger partial charge on any atom is -0.497 e. The number of halogens is 1. The lowest BCUT2D eigenvalue weighted by molar-refractivity contribution is 0.262. The van der Waals surface area contributed by atoms with Crippen LogP contribution in [0.4, 0.5) is 16.2 Å². The lowest BCUT2D eigenvalue weighted by atomic mass is 10.2. The van der Waals surface area contributed by atoms with E-state index in [4.69, 9.17) is 16.3 Å². The Morgan fingerprint density at radius 1 is 1.10 bits per heavy atom. The molecule has 0 heterocycles. The second kappa shape index (κ2) is 6.50. The maximum atomic E-state index is 12.1. The summed E-state index contributed by atoms with van der Waals surface area (Å²) in [6.07, 6.45) is 0. The number of benzene rings is 2. The van der Waals surface area contributed by atoms with Crippen molar-refractivity contribution in [1.82, 2.24) is 0 Å². The summed E-state index contributed by atoms with van der Waals surface area (Å²) in [5, 5.41) is 6.08. The van der Waals surface area contributed by atoms with E-state index in [1.54, 1.807) is 25.3 Å². The molecule has 0 bridgehead atoms. The lowest BCUT2D eigenvalue weighted by Crippen LogP contribution is -2.20. The summed E-state index contributed by atoms with van der Waals surface area (Å²) in [6.45, 7) is 3.79. The topological polar surface area (TPSA) is 50.4 Å². The predicted molar refractivity (Wildman–Crippen MR) is 86.6 cm³/mol. The molecule has 21 heavy (non-hydrogen) atoms. The Kier molecular flexibility index (Phi) is 4.70. The summed E-state index contributed by atoms with van der Waals surface area (Å²) < 4.78 is 5.14. The summed E-state index contributed by atoms with van der Waals surface area (Å²) >= 11 is 6.09.